The number of hydrogen-bond donors (Lipinski definition) is 8. The van der Waals surface area contributed by atoms with Crippen LogP contribution in [0.25, 0.3) is 89.7 Å². The van der Waals surface area contributed by atoms with E-state index in [4.69, 9.17) is 46.4 Å². The molecule has 1 aromatic carbocycles. The van der Waals surface area contributed by atoms with Gasteiger partial charge in [-0.05, 0) is 79.8 Å². The number of aromatic amines is 4. The summed E-state index contributed by atoms with van der Waals surface area (Å²) in [4.78, 5) is 120. The van der Waals surface area contributed by atoms with Crippen molar-refractivity contribution in [1.82, 2.24) is 101 Å². The molecule has 13 aromatic rings. The lowest BCUT2D eigenvalue weighted by molar-refractivity contribution is -0.139. The monoisotopic (exact) mass is 1820 g/mol. The maximum Gasteiger partial charge on any atom is 0.405 e. The number of likely N-dealkylation sites (N-methyl/N-ethyl adjacent to an activating group) is 1. The summed E-state index contributed by atoms with van der Waals surface area (Å²) >= 11 is 26.9. The zero-order chi connectivity index (χ0) is 86.7. The van der Waals surface area contributed by atoms with Crippen molar-refractivity contribution in [2.75, 3.05) is 76.1 Å². The third-order valence-corrected chi connectivity index (χ3v) is 22.2. The highest BCUT2D eigenvalue weighted by Gasteiger charge is 2.55. The van der Waals surface area contributed by atoms with E-state index in [1.165, 1.54) is 59.4 Å². The SMILES string of the molecule is CN(c1ccnc(-c2c[nH]c3ncc(Cl)cc23)n1)C1(C(=O)NCC(F)(F)F)CC1.O=C(NCC(F)(F)F)[C@@H]1CSCN1c1nc(-c2c[nH]c3ncc(Cl)cc23)ncc1F.O=C(NCC(F)(F)F)[C@H]1CCc2ccccc2N1c1ccnc(-c2c[nH]c3ncc(Cl)cc23)n1.O=C(NCC(F)(F)F)[C@H]1CSCN1c1ccnc(-c2c[nH]c3ncc(Cl)cc23)n1.[HH].[HH]. The molecule has 2 saturated heterocycles. The van der Waals surface area contributed by atoms with Gasteiger partial charge in [0.25, 0.3) is 0 Å². The summed E-state index contributed by atoms with van der Waals surface area (Å²) in [5.41, 5.74) is 5.59. The Balaban J connectivity index is 0.000000150. The molecule has 8 N–H and O–H groups in total. The average molecular weight is 1820 g/mol. The van der Waals surface area contributed by atoms with E-state index in [1.54, 1.807) is 101 Å². The van der Waals surface area contributed by atoms with Crippen LogP contribution in [-0.4, -0.2) is 208 Å². The van der Waals surface area contributed by atoms with Crippen molar-refractivity contribution in [2.45, 2.75) is 74.1 Å². The molecule has 0 unspecified atom stereocenters. The molecule has 4 amide bonds. The molecule has 28 nitrogen and oxygen atoms in total. The van der Waals surface area contributed by atoms with Crippen molar-refractivity contribution in [2.24, 2.45) is 0 Å². The van der Waals surface area contributed by atoms with Crippen LogP contribution in [-0.2, 0) is 25.6 Å². The first kappa shape index (κ1) is 86.7. The number of halogens is 17. The fraction of sp³-hybridized carbons (Fsp3) is 0.280. The lowest BCUT2D eigenvalue weighted by atomic mass is 9.95. The summed E-state index contributed by atoms with van der Waals surface area (Å²) in [6, 6.07) is 16.6. The molecule has 15 heterocycles. The van der Waals surface area contributed by atoms with Crippen molar-refractivity contribution in [3.63, 3.8) is 0 Å². The van der Waals surface area contributed by atoms with Crippen LogP contribution in [0.3, 0.4) is 0 Å². The number of aromatic nitrogens is 16. The fourth-order valence-electron chi connectivity index (χ4n) is 13.4. The first-order valence-corrected chi connectivity index (χ1v) is 40.1. The Morgan fingerprint density at radius 2 is 0.885 bits per heavy atom. The summed E-state index contributed by atoms with van der Waals surface area (Å²) in [5.74, 6) is -0.0768. The van der Waals surface area contributed by atoms with Gasteiger partial charge in [0.2, 0.25) is 23.6 Å². The topological polar surface area (TPSA) is 347 Å². The number of carbonyl (C=O) groups excluding carboxylic acids is 4. The molecule has 1 saturated carbocycles. The molecule has 17 rings (SSSR count). The Kier molecular flexibility index (Phi) is 25.4. The summed E-state index contributed by atoms with van der Waals surface area (Å²) in [5, 5.41) is 12.4. The van der Waals surface area contributed by atoms with Crippen LogP contribution in [0.4, 0.5) is 86.0 Å². The molecule has 4 aliphatic rings. The molecule has 3 atom stereocenters. The number of hydrogen-bond acceptors (Lipinski definition) is 22. The molecule has 0 radical (unpaired) electrons. The van der Waals surface area contributed by atoms with Gasteiger partial charge in [-0.1, -0.05) is 64.6 Å². The second kappa shape index (κ2) is 35.8. The molecular weight excluding hydrogens is 1750 g/mol. The number of nitrogens with one attached hydrogen (secondary N) is 8. The Morgan fingerprint density at radius 3 is 1.34 bits per heavy atom. The fourth-order valence-corrected chi connectivity index (χ4v) is 16.4. The first-order chi connectivity index (χ1) is 58.0. The van der Waals surface area contributed by atoms with Gasteiger partial charge in [-0.3, -0.25) is 19.2 Å². The highest BCUT2D eigenvalue weighted by molar-refractivity contribution is 8.00. The first-order valence-electron chi connectivity index (χ1n) is 36.3. The van der Waals surface area contributed by atoms with E-state index in [0.29, 0.717) is 148 Å². The second-order valence-electron chi connectivity index (χ2n) is 27.5. The molecule has 0 bridgehead atoms. The molecule has 47 heteroatoms. The number of fused-ring (bicyclic) bond motifs is 5. The van der Waals surface area contributed by atoms with Gasteiger partial charge in [0, 0.05) is 139 Å². The van der Waals surface area contributed by atoms with Crippen LogP contribution >= 0.6 is 69.9 Å². The molecule has 12 aromatic heterocycles. The van der Waals surface area contributed by atoms with Gasteiger partial charge >= 0.3 is 24.7 Å². The van der Waals surface area contributed by atoms with E-state index >= 15 is 0 Å². The lowest BCUT2D eigenvalue weighted by Crippen LogP contribution is -2.50. The number of anilines is 5. The predicted octanol–water partition coefficient (Wildman–Crippen LogP) is 15.2. The number of pyridine rings is 4. The number of carbonyl (C=O) groups is 4. The van der Waals surface area contributed by atoms with Gasteiger partial charge in [0.1, 0.15) is 89.9 Å². The number of alkyl halides is 12. The Labute approximate surface area is 711 Å². The van der Waals surface area contributed by atoms with Crippen LogP contribution < -0.4 is 40.9 Å². The van der Waals surface area contributed by atoms with E-state index in [9.17, 15) is 76.3 Å². The molecular formula is C75H65Cl4F13N24O4S2. The van der Waals surface area contributed by atoms with E-state index in [0.717, 1.165) is 27.9 Å². The maximum atomic E-state index is 14.5. The van der Waals surface area contributed by atoms with Crippen molar-refractivity contribution in [3.05, 3.63) is 173 Å². The maximum absolute atomic E-state index is 14.5. The van der Waals surface area contributed by atoms with Gasteiger partial charge < -0.3 is 60.8 Å². The van der Waals surface area contributed by atoms with E-state index in [2.05, 4.69) is 79.7 Å². The number of amides is 4. The number of rotatable bonds is 17. The zero-order valence-corrected chi connectivity index (χ0v) is 67.2. The van der Waals surface area contributed by atoms with Gasteiger partial charge in [0.05, 0.1) is 38.0 Å². The van der Waals surface area contributed by atoms with Crippen LogP contribution in [0.15, 0.2) is 141 Å². The smallest absolute Gasteiger partial charge is 0.345 e. The minimum atomic E-state index is -4.54. The quantitative estimate of drug-likeness (QED) is 0.0393. The number of H-pyrrole nitrogens is 4. The van der Waals surface area contributed by atoms with Crippen molar-refractivity contribution >= 4 is 167 Å². The van der Waals surface area contributed by atoms with E-state index in [1.807, 2.05) is 45.5 Å². The summed E-state index contributed by atoms with van der Waals surface area (Å²) in [7, 11) is 1.64. The number of aryl methyl sites for hydroxylation is 1. The molecule has 3 fully saturated rings. The third-order valence-electron chi connectivity index (χ3n) is 19.3. The van der Waals surface area contributed by atoms with Crippen LogP contribution in [0, 0.1) is 5.82 Å². The minimum Gasteiger partial charge on any atom is -0.345 e. The number of benzene rings is 1. The van der Waals surface area contributed by atoms with Crippen molar-refractivity contribution < 1.29 is 79.1 Å². The highest BCUT2D eigenvalue weighted by Crippen LogP contribution is 2.45. The van der Waals surface area contributed by atoms with Gasteiger partial charge in [-0.2, -0.15) is 52.7 Å². The third kappa shape index (κ3) is 20.2. The molecule has 122 heavy (non-hydrogen) atoms. The van der Waals surface area contributed by atoms with Crippen LogP contribution in [0.2, 0.25) is 20.1 Å². The van der Waals surface area contributed by atoms with Gasteiger partial charge in [0.15, 0.2) is 34.9 Å². The highest BCUT2D eigenvalue weighted by atomic mass is 35.5. The van der Waals surface area contributed by atoms with Crippen molar-refractivity contribution in [3.8, 4) is 45.6 Å². The molecule has 0 spiro atoms. The number of thioether (sulfide) groups is 2. The Morgan fingerprint density at radius 1 is 0.492 bits per heavy atom. The predicted molar refractivity (Wildman–Crippen MR) is 437 cm³/mol. The van der Waals surface area contributed by atoms with Crippen LogP contribution in [0.1, 0.15) is 27.7 Å². The molecule has 1 aliphatic carbocycles. The summed E-state index contributed by atoms with van der Waals surface area (Å²) in [6.07, 6.45) is 2.17. The number of para-hydroxylation sites is 1. The molecule has 3 aliphatic heterocycles. The van der Waals surface area contributed by atoms with E-state index < -0.39 is 104 Å². The standard InChI is InChI=1S/C23H18ClF3N6O.C18H16ClF3N6O.C17H13ClF4N6OS.C17H14ClF3N6OS.2H2/c24-14-9-15-16(11-30-20(15)29-10-14)21-28-8-7-19(32-21)33-17-4-2-1-3-13(17)5-6-18(33)22(34)31-12-23(25,26)27;1-28(17(3-4-17)16(29)26-9-18(20,21)22)13-2-5-23-15(27-13)12-8-25-14-11(12)6-10(19)7-24-14;18-8-1-9-10(3-24-13(9)23-2-8)14-25-4-11(19)15(27-14)28-7-30-5-12(28)16(29)26-6-17(20,21)22;18-9-3-10-11(5-24-14(10)23-4-9)15-22-2-1-13(26-15)27-8-29-6-12(27)16(28)25-7-17(19,20)21;;/h1-4,7-11,18H,5-6,12H2,(H,29,30)(H,31,34);2,5-8H,3-4,9H2,1H3,(H,24,25)(H,26,29);1-4,12H,5-7H2,(H,23,24)(H,26,29);1-5,12H,6-8H2,(H,23,24)(H,25,28);2*1H/t18-;;2*12-;;/m1.01../s1. The normalized spacial score (nSPS) is 16.3. The summed E-state index contributed by atoms with van der Waals surface area (Å²) < 4.78 is 165. The Hall–Kier alpha value is -11.7. The van der Waals surface area contributed by atoms with E-state index in [-0.39, 0.29) is 26.1 Å². The second-order valence-corrected chi connectivity index (χ2v) is 31.2. The van der Waals surface area contributed by atoms with Crippen LogP contribution in [0.5, 0.6) is 0 Å². The summed E-state index contributed by atoms with van der Waals surface area (Å²) in [6.45, 7) is -5.57. The Bertz CT molecular complexity index is 5950. The molecule has 640 valence electrons. The lowest BCUT2D eigenvalue weighted by Gasteiger charge is -2.37. The largest absolute Gasteiger partial charge is 0.405 e. The van der Waals surface area contributed by atoms with Crippen molar-refractivity contribution in [1.29, 1.82) is 0 Å². The minimum absolute atomic E-state index is 0. The zero-order valence-electron chi connectivity index (χ0n) is 62.5. The number of nitrogens with zero attached hydrogens (tertiary/aromatic N) is 16. The van der Waals surface area contributed by atoms with Gasteiger partial charge in [-0.15, -0.1) is 23.5 Å². The average Bonchev–Trinajstić information content (AvgIpc) is 1.58. The van der Waals surface area contributed by atoms with Gasteiger partial charge in [-0.25, -0.2) is 64.2 Å².